The number of carbonyl (C=O) groups is 1. The zero-order chi connectivity index (χ0) is 25.1. The zero-order valence-electron chi connectivity index (χ0n) is 21.4. The molecule has 0 atom stereocenters. The first kappa shape index (κ1) is 25.1. The van der Waals surface area contributed by atoms with Crippen molar-refractivity contribution in [2.24, 2.45) is 0 Å². The number of carbonyl (C=O) groups excluding carboxylic acids is 1. The summed E-state index contributed by atoms with van der Waals surface area (Å²) < 4.78 is 20.3. The number of nitrogens with zero attached hydrogens (tertiary/aromatic N) is 5. The summed E-state index contributed by atoms with van der Waals surface area (Å²) in [5.74, 6) is -0.647. The predicted octanol–water partition coefficient (Wildman–Crippen LogP) is 5.17. The van der Waals surface area contributed by atoms with Gasteiger partial charge in [-0.1, -0.05) is 34.1 Å². The molecular formula is C27H36FN5O2. The smallest absolute Gasteiger partial charge is 0.356 e. The Balaban J connectivity index is 0.00000141. The molecule has 35 heavy (non-hydrogen) atoms. The first-order valence-electron chi connectivity index (χ1n) is 12.7. The summed E-state index contributed by atoms with van der Waals surface area (Å²) in [7, 11) is 1.36. The number of benzene rings is 1. The number of rotatable bonds is 5. The first-order chi connectivity index (χ1) is 17.0. The molecule has 2 aliphatic rings. The van der Waals surface area contributed by atoms with Gasteiger partial charge in [-0.25, -0.2) is 18.9 Å². The molecule has 0 unspecified atom stereocenters. The van der Waals surface area contributed by atoms with E-state index in [9.17, 15) is 9.18 Å². The van der Waals surface area contributed by atoms with Gasteiger partial charge >= 0.3 is 5.97 Å². The molecule has 3 heterocycles. The van der Waals surface area contributed by atoms with Crippen LogP contribution in [-0.2, 0) is 4.74 Å². The number of piperazine rings is 1. The molecule has 0 bridgehead atoms. The van der Waals surface area contributed by atoms with Gasteiger partial charge in [0, 0.05) is 32.2 Å². The van der Waals surface area contributed by atoms with Crippen molar-refractivity contribution in [1.82, 2.24) is 19.7 Å². The van der Waals surface area contributed by atoms with Crippen molar-refractivity contribution in [3.8, 4) is 5.69 Å². The quantitative estimate of drug-likeness (QED) is 0.469. The summed E-state index contributed by atoms with van der Waals surface area (Å²) in [5, 5.41) is 5.82. The number of fused-ring (bicyclic) bond motifs is 1. The minimum absolute atomic E-state index is 0.148. The van der Waals surface area contributed by atoms with Crippen molar-refractivity contribution in [2.45, 2.75) is 58.9 Å². The van der Waals surface area contributed by atoms with Gasteiger partial charge in [0.1, 0.15) is 5.82 Å². The molecule has 8 heteroatoms. The SMILES string of the molecule is CC.COC(=O)c1cc(N2CCN(C3CCC3)CC2)c2c(C(C)C)nn(-c3ccc(F)cc3)c2n1. The van der Waals surface area contributed by atoms with Crippen molar-refractivity contribution >= 4 is 22.7 Å². The fourth-order valence-electron chi connectivity index (χ4n) is 4.83. The average molecular weight is 482 g/mol. The van der Waals surface area contributed by atoms with Gasteiger partial charge in [0.25, 0.3) is 0 Å². The van der Waals surface area contributed by atoms with Crippen LogP contribution in [0.3, 0.4) is 0 Å². The van der Waals surface area contributed by atoms with Crippen LogP contribution in [0.4, 0.5) is 10.1 Å². The molecule has 0 radical (unpaired) electrons. The highest BCUT2D eigenvalue weighted by molar-refractivity contribution is 5.99. The highest BCUT2D eigenvalue weighted by Gasteiger charge is 2.30. The Kier molecular flexibility index (Phi) is 7.69. The second kappa shape index (κ2) is 10.7. The number of methoxy groups -OCH3 is 1. The molecule has 0 spiro atoms. The lowest BCUT2D eigenvalue weighted by atomic mass is 9.91. The maximum atomic E-state index is 13.6. The van der Waals surface area contributed by atoms with Gasteiger partial charge in [-0.05, 0) is 49.1 Å². The van der Waals surface area contributed by atoms with E-state index in [2.05, 4.69) is 28.6 Å². The Labute approximate surface area is 206 Å². The van der Waals surface area contributed by atoms with Gasteiger partial charge in [-0.3, -0.25) is 4.90 Å². The molecule has 5 rings (SSSR count). The molecule has 1 saturated heterocycles. The van der Waals surface area contributed by atoms with Crippen molar-refractivity contribution in [1.29, 1.82) is 0 Å². The minimum atomic E-state index is -0.482. The summed E-state index contributed by atoms with van der Waals surface area (Å²) in [4.78, 5) is 22.1. The minimum Gasteiger partial charge on any atom is -0.464 e. The van der Waals surface area contributed by atoms with Gasteiger partial charge in [0.05, 0.1) is 29.6 Å². The summed E-state index contributed by atoms with van der Waals surface area (Å²) in [6, 6.07) is 8.73. The number of pyridine rings is 1. The lowest BCUT2D eigenvalue weighted by Gasteiger charge is -2.43. The average Bonchev–Trinajstić information content (AvgIpc) is 3.24. The van der Waals surface area contributed by atoms with Gasteiger partial charge in [-0.2, -0.15) is 5.10 Å². The van der Waals surface area contributed by atoms with Crippen LogP contribution in [0.5, 0.6) is 0 Å². The summed E-state index contributed by atoms with van der Waals surface area (Å²) in [6.07, 6.45) is 3.93. The highest BCUT2D eigenvalue weighted by Crippen LogP contribution is 2.36. The van der Waals surface area contributed by atoms with E-state index in [1.807, 2.05) is 19.9 Å². The molecule has 0 N–H and O–H groups in total. The van der Waals surface area contributed by atoms with E-state index in [0.717, 1.165) is 49.0 Å². The Bertz CT molecular complexity index is 1160. The van der Waals surface area contributed by atoms with Crippen LogP contribution in [0.25, 0.3) is 16.7 Å². The third kappa shape index (κ3) is 4.89. The number of aromatic nitrogens is 3. The summed E-state index contributed by atoms with van der Waals surface area (Å²) in [5.41, 5.74) is 3.41. The molecule has 2 aromatic heterocycles. The number of hydrogen-bond acceptors (Lipinski definition) is 6. The molecule has 0 amide bonds. The normalized spacial score (nSPS) is 16.7. The van der Waals surface area contributed by atoms with Crippen molar-refractivity contribution in [3.63, 3.8) is 0 Å². The number of hydrogen-bond donors (Lipinski definition) is 0. The topological polar surface area (TPSA) is 63.5 Å². The Morgan fingerprint density at radius 2 is 1.74 bits per heavy atom. The molecular weight excluding hydrogens is 445 g/mol. The Morgan fingerprint density at radius 3 is 2.29 bits per heavy atom. The van der Waals surface area contributed by atoms with Crippen LogP contribution in [0.1, 0.15) is 69.1 Å². The number of ether oxygens (including phenoxy) is 1. The fraction of sp³-hybridized carbons (Fsp3) is 0.519. The van der Waals surface area contributed by atoms with Crippen molar-refractivity contribution < 1.29 is 13.9 Å². The predicted molar refractivity (Wildman–Crippen MR) is 137 cm³/mol. The summed E-state index contributed by atoms with van der Waals surface area (Å²) in [6.45, 7) is 12.0. The fourth-order valence-corrected chi connectivity index (χ4v) is 4.83. The molecule has 1 aliphatic heterocycles. The standard InChI is InChI=1S/C25H30FN5O2.C2H6/c1-16(2)23-22-21(30-13-11-29(12-14-30)18-5-4-6-18)15-20(25(32)33-3)27-24(22)31(28-23)19-9-7-17(26)8-10-19;1-2/h7-10,15-16,18H,4-6,11-14H2,1-3H3;1-2H3. The number of halogens is 1. The highest BCUT2D eigenvalue weighted by atomic mass is 19.1. The van der Waals surface area contributed by atoms with Crippen molar-refractivity contribution in [3.05, 3.63) is 47.5 Å². The maximum absolute atomic E-state index is 13.6. The largest absolute Gasteiger partial charge is 0.464 e. The summed E-state index contributed by atoms with van der Waals surface area (Å²) >= 11 is 0. The third-order valence-corrected chi connectivity index (χ3v) is 6.90. The lowest BCUT2D eigenvalue weighted by Crippen LogP contribution is -2.52. The Morgan fingerprint density at radius 1 is 1.09 bits per heavy atom. The third-order valence-electron chi connectivity index (χ3n) is 6.90. The molecule has 3 aromatic rings. The van der Waals surface area contributed by atoms with Crippen LogP contribution in [-0.4, -0.2) is 65.0 Å². The number of esters is 1. The van der Waals surface area contributed by atoms with Crippen LogP contribution >= 0.6 is 0 Å². The lowest BCUT2D eigenvalue weighted by molar-refractivity contribution is 0.0594. The van der Waals surface area contributed by atoms with E-state index in [4.69, 9.17) is 9.84 Å². The Hall–Kier alpha value is -3.00. The van der Waals surface area contributed by atoms with Gasteiger partial charge in [0.15, 0.2) is 11.3 Å². The second-order valence-corrected chi connectivity index (χ2v) is 9.25. The molecule has 188 valence electrons. The van der Waals surface area contributed by atoms with Crippen molar-refractivity contribution in [2.75, 3.05) is 38.2 Å². The van der Waals surface area contributed by atoms with E-state index in [-0.39, 0.29) is 17.4 Å². The molecule has 2 fully saturated rings. The van der Waals surface area contributed by atoms with E-state index < -0.39 is 5.97 Å². The van der Waals surface area contributed by atoms with Gasteiger partial charge in [0.2, 0.25) is 0 Å². The molecule has 1 aromatic carbocycles. The molecule has 7 nitrogen and oxygen atoms in total. The van der Waals surface area contributed by atoms with Crippen LogP contribution in [0.2, 0.25) is 0 Å². The van der Waals surface area contributed by atoms with Crippen LogP contribution in [0, 0.1) is 5.82 Å². The van der Waals surface area contributed by atoms with Crippen LogP contribution < -0.4 is 4.90 Å². The van der Waals surface area contributed by atoms with Gasteiger partial charge in [-0.15, -0.1) is 0 Å². The van der Waals surface area contributed by atoms with E-state index in [1.165, 1.54) is 38.5 Å². The van der Waals surface area contributed by atoms with Crippen LogP contribution in [0.15, 0.2) is 30.3 Å². The monoisotopic (exact) mass is 481 g/mol. The first-order valence-corrected chi connectivity index (χ1v) is 12.7. The molecule has 1 aliphatic carbocycles. The van der Waals surface area contributed by atoms with E-state index >= 15 is 0 Å². The number of anilines is 1. The van der Waals surface area contributed by atoms with E-state index in [0.29, 0.717) is 11.3 Å². The maximum Gasteiger partial charge on any atom is 0.356 e. The van der Waals surface area contributed by atoms with E-state index in [1.54, 1.807) is 16.8 Å². The van der Waals surface area contributed by atoms with Gasteiger partial charge < -0.3 is 9.64 Å². The molecule has 1 saturated carbocycles. The second-order valence-electron chi connectivity index (χ2n) is 9.25. The zero-order valence-corrected chi connectivity index (χ0v) is 21.4.